The first-order valence-corrected chi connectivity index (χ1v) is 9.47. The summed E-state index contributed by atoms with van der Waals surface area (Å²) in [6, 6.07) is 2.06. The molecule has 2 saturated heterocycles. The van der Waals surface area contributed by atoms with Crippen molar-refractivity contribution in [1.29, 1.82) is 0 Å². The highest BCUT2D eigenvalue weighted by molar-refractivity contribution is 4.87. The largest absolute Gasteiger partial charge is 0.315 e. The minimum absolute atomic E-state index is 0.617. The summed E-state index contributed by atoms with van der Waals surface area (Å²) in [6.45, 7) is 17.7. The lowest BCUT2D eigenvalue weighted by Gasteiger charge is -2.40. The first-order valence-electron chi connectivity index (χ1n) is 9.47. The summed E-state index contributed by atoms with van der Waals surface area (Å²) >= 11 is 0. The molecular weight excluding hydrogens is 272 g/mol. The van der Waals surface area contributed by atoms with E-state index in [1.807, 2.05) is 0 Å². The van der Waals surface area contributed by atoms with E-state index in [9.17, 15) is 0 Å². The fourth-order valence-electron chi connectivity index (χ4n) is 3.78. The Morgan fingerprint density at radius 2 is 1.82 bits per heavy atom. The lowest BCUT2D eigenvalue weighted by molar-refractivity contribution is 0.121. The molecular formula is C18H38N4. The number of hydrogen-bond donors (Lipinski definition) is 2. The van der Waals surface area contributed by atoms with Crippen LogP contribution in [0.5, 0.6) is 0 Å². The molecule has 1 atom stereocenters. The minimum atomic E-state index is 0.617. The highest BCUT2D eigenvalue weighted by Gasteiger charge is 2.26. The fraction of sp³-hybridized carbons (Fsp3) is 1.00. The van der Waals surface area contributed by atoms with E-state index in [-0.39, 0.29) is 0 Å². The van der Waals surface area contributed by atoms with E-state index in [0.29, 0.717) is 12.1 Å². The first-order chi connectivity index (χ1) is 10.5. The highest BCUT2D eigenvalue weighted by atomic mass is 15.3. The molecule has 130 valence electrons. The third kappa shape index (κ3) is 6.15. The number of hydrogen-bond acceptors (Lipinski definition) is 4. The summed E-state index contributed by atoms with van der Waals surface area (Å²) in [5.41, 5.74) is 0. The SMILES string of the molecule is CC(C)NC1CN(CCNCC2CCCN(C(C)C)CC2)C1. The van der Waals surface area contributed by atoms with E-state index in [1.165, 1.54) is 58.5 Å². The molecule has 0 saturated carbocycles. The average Bonchev–Trinajstić information content (AvgIpc) is 2.65. The Morgan fingerprint density at radius 1 is 1.05 bits per heavy atom. The van der Waals surface area contributed by atoms with Gasteiger partial charge in [-0.1, -0.05) is 13.8 Å². The molecule has 2 heterocycles. The molecule has 0 aromatic carbocycles. The molecule has 0 aromatic rings. The molecule has 2 N–H and O–H groups in total. The Hall–Kier alpha value is -0.160. The molecule has 4 nitrogen and oxygen atoms in total. The van der Waals surface area contributed by atoms with Crippen molar-refractivity contribution >= 4 is 0 Å². The van der Waals surface area contributed by atoms with Crippen LogP contribution in [0.1, 0.15) is 47.0 Å². The van der Waals surface area contributed by atoms with Gasteiger partial charge in [0.2, 0.25) is 0 Å². The first kappa shape index (κ1) is 18.2. The van der Waals surface area contributed by atoms with Gasteiger partial charge in [-0.3, -0.25) is 4.90 Å². The molecule has 0 radical (unpaired) electrons. The van der Waals surface area contributed by atoms with E-state index >= 15 is 0 Å². The molecule has 4 heteroatoms. The molecule has 0 amide bonds. The van der Waals surface area contributed by atoms with Crippen LogP contribution in [0, 0.1) is 5.92 Å². The zero-order valence-electron chi connectivity index (χ0n) is 15.3. The Balaban J connectivity index is 1.49. The fourth-order valence-corrected chi connectivity index (χ4v) is 3.78. The van der Waals surface area contributed by atoms with Crippen LogP contribution in [0.25, 0.3) is 0 Å². The monoisotopic (exact) mass is 310 g/mol. The van der Waals surface area contributed by atoms with E-state index < -0.39 is 0 Å². The van der Waals surface area contributed by atoms with E-state index in [4.69, 9.17) is 0 Å². The number of nitrogens with one attached hydrogen (secondary N) is 2. The Bertz CT molecular complexity index is 299. The second-order valence-corrected chi connectivity index (χ2v) is 7.91. The molecule has 2 fully saturated rings. The topological polar surface area (TPSA) is 30.5 Å². The van der Waals surface area contributed by atoms with Gasteiger partial charge in [-0.25, -0.2) is 0 Å². The number of nitrogens with zero attached hydrogens (tertiary/aromatic N) is 2. The van der Waals surface area contributed by atoms with Crippen molar-refractivity contribution in [2.24, 2.45) is 5.92 Å². The van der Waals surface area contributed by atoms with Gasteiger partial charge in [-0.2, -0.15) is 0 Å². The quantitative estimate of drug-likeness (QED) is 0.669. The Kier molecular flexibility index (Phi) is 7.61. The minimum Gasteiger partial charge on any atom is -0.315 e. The summed E-state index contributed by atoms with van der Waals surface area (Å²) in [7, 11) is 0. The molecule has 0 spiro atoms. The number of likely N-dealkylation sites (tertiary alicyclic amines) is 2. The van der Waals surface area contributed by atoms with Crippen LogP contribution in [0.15, 0.2) is 0 Å². The third-order valence-electron chi connectivity index (χ3n) is 5.18. The summed E-state index contributed by atoms with van der Waals surface area (Å²) in [5.74, 6) is 0.885. The molecule has 2 rings (SSSR count). The van der Waals surface area contributed by atoms with Crippen LogP contribution in [0.2, 0.25) is 0 Å². The van der Waals surface area contributed by atoms with Gasteiger partial charge in [0, 0.05) is 44.3 Å². The summed E-state index contributed by atoms with van der Waals surface area (Å²) in [6.07, 6.45) is 4.15. The van der Waals surface area contributed by atoms with Gasteiger partial charge in [0.15, 0.2) is 0 Å². The second kappa shape index (κ2) is 9.21. The van der Waals surface area contributed by atoms with E-state index in [2.05, 4.69) is 48.1 Å². The van der Waals surface area contributed by atoms with Gasteiger partial charge in [-0.15, -0.1) is 0 Å². The molecule has 2 aliphatic rings. The van der Waals surface area contributed by atoms with Gasteiger partial charge >= 0.3 is 0 Å². The molecule has 1 unspecified atom stereocenters. The van der Waals surface area contributed by atoms with Crippen LogP contribution in [0.4, 0.5) is 0 Å². The normalized spacial score (nSPS) is 25.6. The van der Waals surface area contributed by atoms with E-state index in [1.54, 1.807) is 0 Å². The lowest BCUT2D eigenvalue weighted by Crippen LogP contribution is -2.60. The van der Waals surface area contributed by atoms with Crippen molar-refractivity contribution in [3.05, 3.63) is 0 Å². The van der Waals surface area contributed by atoms with Gasteiger partial charge < -0.3 is 15.5 Å². The van der Waals surface area contributed by atoms with Crippen molar-refractivity contribution in [3.8, 4) is 0 Å². The van der Waals surface area contributed by atoms with Crippen molar-refractivity contribution in [3.63, 3.8) is 0 Å². The predicted octanol–water partition coefficient (Wildman–Crippen LogP) is 1.77. The van der Waals surface area contributed by atoms with Crippen molar-refractivity contribution < 1.29 is 0 Å². The van der Waals surface area contributed by atoms with E-state index in [0.717, 1.165) is 18.5 Å². The maximum atomic E-state index is 3.70. The predicted molar refractivity (Wildman–Crippen MR) is 95.4 cm³/mol. The molecule has 0 aliphatic carbocycles. The number of rotatable bonds is 8. The van der Waals surface area contributed by atoms with Crippen molar-refractivity contribution in [2.75, 3.05) is 45.8 Å². The van der Waals surface area contributed by atoms with Crippen LogP contribution in [-0.4, -0.2) is 73.7 Å². The van der Waals surface area contributed by atoms with Crippen LogP contribution >= 0.6 is 0 Å². The van der Waals surface area contributed by atoms with Gasteiger partial charge in [0.1, 0.15) is 0 Å². The second-order valence-electron chi connectivity index (χ2n) is 7.91. The Labute approximate surface area is 138 Å². The molecule has 2 aliphatic heterocycles. The highest BCUT2D eigenvalue weighted by Crippen LogP contribution is 2.18. The zero-order chi connectivity index (χ0) is 15.9. The van der Waals surface area contributed by atoms with Gasteiger partial charge in [0.05, 0.1) is 0 Å². The van der Waals surface area contributed by atoms with Crippen LogP contribution in [0.3, 0.4) is 0 Å². The smallest absolute Gasteiger partial charge is 0.0324 e. The lowest BCUT2D eigenvalue weighted by atomic mass is 10.0. The summed E-state index contributed by atoms with van der Waals surface area (Å²) < 4.78 is 0. The molecule has 0 bridgehead atoms. The standard InChI is InChI=1S/C18H38N4/c1-15(2)20-18-13-21(14-18)11-8-19-12-17-6-5-9-22(10-7-17)16(3)4/h15-20H,5-14H2,1-4H3. The summed E-state index contributed by atoms with van der Waals surface area (Å²) in [4.78, 5) is 5.20. The van der Waals surface area contributed by atoms with Crippen LogP contribution in [-0.2, 0) is 0 Å². The molecule has 0 aromatic heterocycles. The van der Waals surface area contributed by atoms with Gasteiger partial charge in [-0.05, 0) is 58.7 Å². The maximum Gasteiger partial charge on any atom is 0.0324 e. The maximum absolute atomic E-state index is 3.70. The van der Waals surface area contributed by atoms with Crippen molar-refractivity contribution in [2.45, 2.75) is 65.1 Å². The Morgan fingerprint density at radius 3 is 2.50 bits per heavy atom. The van der Waals surface area contributed by atoms with Crippen molar-refractivity contribution in [1.82, 2.24) is 20.4 Å². The van der Waals surface area contributed by atoms with Gasteiger partial charge in [0.25, 0.3) is 0 Å². The zero-order valence-corrected chi connectivity index (χ0v) is 15.3. The molecule has 22 heavy (non-hydrogen) atoms. The van der Waals surface area contributed by atoms with Crippen LogP contribution < -0.4 is 10.6 Å². The third-order valence-corrected chi connectivity index (χ3v) is 5.18. The summed E-state index contributed by atoms with van der Waals surface area (Å²) in [5, 5.41) is 7.31. The average molecular weight is 311 g/mol.